The molecule has 0 radical (unpaired) electrons. The SMILES string of the molecule is CCCCCOc1cccc2c1CCCC2NCCC. The van der Waals surface area contributed by atoms with Gasteiger partial charge in [-0.15, -0.1) is 0 Å². The molecule has 0 aliphatic heterocycles. The molecule has 0 saturated heterocycles. The predicted octanol–water partition coefficient (Wildman–Crippen LogP) is 4.63. The first-order valence-corrected chi connectivity index (χ1v) is 8.34. The van der Waals surface area contributed by atoms with Crippen molar-refractivity contribution in [2.75, 3.05) is 13.2 Å². The van der Waals surface area contributed by atoms with Gasteiger partial charge in [0.05, 0.1) is 6.61 Å². The van der Waals surface area contributed by atoms with Crippen LogP contribution in [0.15, 0.2) is 18.2 Å². The number of hydrogen-bond acceptors (Lipinski definition) is 2. The lowest BCUT2D eigenvalue weighted by Gasteiger charge is -2.28. The zero-order valence-electron chi connectivity index (χ0n) is 13.1. The van der Waals surface area contributed by atoms with E-state index >= 15 is 0 Å². The number of ether oxygens (including phenoxy) is 1. The quantitative estimate of drug-likeness (QED) is 0.698. The minimum atomic E-state index is 0.526. The van der Waals surface area contributed by atoms with Crippen LogP contribution in [0.5, 0.6) is 5.75 Å². The molecule has 1 aliphatic carbocycles. The molecular weight excluding hydrogens is 246 g/mol. The van der Waals surface area contributed by atoms with Crippen molar-refractivity contribution < 1.29 is 4.74 Å². The molecule has 0 amide bonds. The molecule has 2 nitrogen and oxygen atoms in total. The average molecular weight is 275 g/mol. The van der Waals surface area contributed by atoms with Gasteiger partial charge in [-0.2, -0.15) is 0 Å². The lowest BCUT2D eigenvalue weighted by molar-refractivity contribution is 0.300. The van der Waals surface area contributed by atoms with Gasteiger partial charge < -0.3 is 10.1 Å². The highest BCUT2D eigenvalue weighted by atomic mass is 16.5. The summed E-state index contributed by atoms with van der Waals surface area (Å²) in [6, 6.07) is 7.10. The molecule has 2 heteroatoms. The number of benzene rings is 1. The predicted molar refractivity (Wildman–Crippen MR) is 85.4 cm³/mol. The van der Waals surface area contributed by atoms with Crippen molar-refractivity contribution in [3.63, 3.8) is 0 Å². The molecule has 0 heterocycles. The summed E-state index contributed by atoms with van der Waals surface area (Å²) in [6.45, 7) is 6.42. The zero-order chi connectivity index (χ0) is 14.2. The van der Waals surface area contributed by atoms with Crippen LogP contribution in [0.4, 0.5) is 0 Å². The van der Waals surface area contributed by atoms with Crippen molar-refractivity contribution >= 4 is 0 Å². The third-order valence-corrected chi connectivity index (χ3v) is 4.11. The van der Waals surface area contributed by atoms with Gasteiger partial charge in [0.25, 0.3) is 0 Å². The Labute approximate surface area is 123 Å². The standard InChI is InChI=1S/C18H29NO/c1-3-5-6-14-20-18-12-8-9-15-16(18)10-7-11-17(15)19-13-4-2/h8-9,12,17,19H,3-7,10-11,13-14H2,1-2H3. The van der Waals surface area contributed by atoms with Gasteiger partial charge in [0, 0.05) is 6.04 Å². The molecule has 0 saturated carbocycles. The molecule has 1 aromatic rings. The second-order valence-corrected chi connectivity index (χ2v) is 5.78. The fourth-order valence-electron chi connectivity index (χ4n) is 3.02. The van der Waals surface area contributed by atoms with E-state index in [0.29, 0.717) is 6.04 Å². The second kappa shape index (κ2) is 8.31. The highest BCUT2D eigenvalue weighted by Gasteiger charge is 2.22. The van der Waals surface area contributed by atoms with Gasteiger partial charge in [-0.25, -0.2) is 0 Å². The maximum atomic E-state index is 6.03. The Morgan fingerprint density at radius 1 is 1.20 bits per heavy atom. The summed E-state index contributed by atoms with van der Waals surface area (Å²) in [5.74, 6) is 1.13. The van der Waals surface area contributed by atoms with E-state index in [9.17, 15) is 0 Å². The highest BCUT2D eigenvalue weighted by molar-refractivity contribution is 5.43. The van der Waals surface area contributed by atoms with Crippen molar-refractivity contribution in [1.82, 2.24) is 5.32 Å². The van der Waals surface area contributed by atoms with Crippen molar-refractivity contribution in [1.29, 1.82) is 0 Å². The molecule has 1 aromatic carbocycles. The molecule has 0 spiro atoms. The van der Waals surface area contributed by atoms with Crippen LogP contribution in [0.25, 0.3) is 0 Å². The van der Waals surface area contributed by atoms with Gasteiger partial charge in [0.2, 0.25) is 0 Å². The first-order valence-electron chi connectivity index (χ1n) is 8.34. The Bertz CT molecular complexity index is 402. The van der Waals surface area contributed by atoms with Crippen LogP contribution in [0, 0.1) is 0 Å². The maximum Gasteiger partial charge on any atom is 0.122 e. The van der Waals surface area contributed by atoms with Crippen molar-refractivity contribution in [3.8, 4) is 5.75 Å². The van der Waals surface area contributed by atoms with Crippen molar-refractivity contribution in [3.05, 3.63) is 29.3 Å². The largest absolute Gasteiger partial charge is 0.493 e. The topological polar surface area (TPSA) is 21.3 Å². The summed E-state index contributed by atoms with van der Waals surface area (Å²) in [6.07, 6.45) is 8.56. The molecule has 112 valence electrons. The van der Waals surface area contributed by atoms with Crippen LogP contribution in [-0.2, 0) is 6.42 Å². The van der Waals surface area contributed by atoms with Gasteiger partial charge in [-0.05, 0) is 55.8 Å². The number of unbranched alkanes of at least 4 members (excludes halogenated alkanes) is 2. The van der Waals surface area contributed by atoms with Gasteiger partial charge in [-0.3, -0.25) is 0 Å². The highest BCUT2D eigenvalue weighted by Crippen LogP contribution is 2.35. The molecule has 0 fully saturated rings. The third kappa shape index (κ3) is 3.99. The Morgan fingerprint density at radius 3 is 2.90 bits per heavy atom. The van der Waals surface area contributed by atoms with E-state index in [4.69, 9.17) is 4.74 Å². The fourth-order valence-corrected chi connectivity index (χ4v) is 3.02. The van der Waals surface area contributed by atoms with Crippen molar-refractivity contribution in [2.24, 2.45) is 0 Å². The minimum Gasteiger partial charge on any atom is -0.493 e. The summed E-state index contributed by atoms with van der Waals surface area (Å²) < 4.78 is 6.03. The second-order valence-electron chi connectivity index (χ2n) is 5.78. The van der Waals surface area contributed by atoms with E-state index in [0.717, 1.165) is 25.3 Å². The maximum absolute atomic E-state index is 6.03. The average Bonchev–Trinajstić information content (AvgIpc) is 2.49. The Hall–Kier alpha value is -1.02. The minimum absolute atomic E-state index is 0.526. The summed E-state index contributed by atoms with van der Waals surface area (Å²) in [4.78, 5) is 0. The van der Waals surface area contributed by atoms with Gasteiger partial charge in [0.1, 0.15) is 5.75 Å². The van der Waals surface area contributed by atoms with E-state index in [1.807, 2.05) is 0 Å². The molecule has 1 N–H and O–H groups in total. The van der Waals surface area contributed by atoms with E-state index in [-0.39, 0.29) is 0 Å². The number of hydrogen-bond donors (Lipinski definition) is 1. The summed E-state index contributed by atoms with van der Waals surface area (Å²) in [5.41, 5.74) is 2.92. The monoisotopic (exact) mass is 275 g/mol. The molecule has 1 atom stereocenters. The summed E-state index contributed by atoms with van der Waals surface area (Å²) >= 11 is 0. The van der Waals surface area contributed by atoms with Crippen LogP contribution in [0.1, 0.15) is 69.5 Å². The fraction of sp³-hybridized carbons (Fsp3) is 0.667. The lowest BCUT2D eigenvalue weighted by Crippen LogP contribution is -2.26. The van der Waals surface area contributed by atoms with E-state index in [1.54, 1.807) is 0 Å². The Kier molecular flexibility index (Phi) is 6.38. The molecule has 0 bridgehead atoms. The smallest absolute Gasteiger partial charge is 0.122 e. The van der Waals surface area contributed by atoms with E-state index in [1.165, 1.54) is 49.7 Å². The number of fused-ring (bicyclic) bond motifs is 1. The number of rotatable bonds is 8. The zero-order valence-corrected chi connectivity index (χ0v) is 13.1. The van der Waals surface area contributed by atoms with Gasteiger partial charge >= 0.3 is 0 Å². The van der Waals surface area contributed by atoms with Gasteiger partial charge in [0.15, 0.2) is 0 Å². The van der Waals surface area contributed by atoms with Crippen LogP contribution >= 0.6 is 0 Å². The van der Waals surface area contributed by atoms with Crippen LogP contribution < -0.4 is 10.1 Å². The molecule has 2 rings (SSSR count). The van der Waals surface area contributed by atoms with Crippen molar-refractivity contribution in [2.45, 2.75) is 64.8 Å². The number of nitrogens with one attached hydrogen (secondary N) is 1. The van der Waals surface area contributed by atoms with E-state index in [2.05, 4.69) is 37.4 Å². The Balaban J connectivity index is 2.04. The first kappa shape index (κ1) is 15.4. The van der Waals surface area contributed by atoms with Crippen LogP contribution in [0.3, 0.4) is 0 Å². The first-order chi connectivity index (χ1) is 9.86. The molecule has 1 unspecified atom stereocenters. The lowest BCUT2D eigenvalue weighted by atomic mass is 9.87. The molecular formula is C18H29NO. The van der Waals surface area contributed by atoms with Crippen LogP contribution in [-0.4, -0.2) is 13.2 Å². The molecule has 0 aromatic heterocycles. The van der Waals surface area contributed by atoms with E-state index < -0.39 is 0 Å². The summed E-state index contributed by atoms with van der Waals surface area (Å²) in [7, 11) is 0. The Morgan fingerprint density at radius 2 is 2.10 bits per heavy atom. The normalized spacial score (nSPS) is 17.8. The molecule has 1 aliphatic rings. The molecule has 20 heavy (non-hydrogen) atoms. The van der Waals surface area contributed by atoms with Gasteiger partial charge in [-0.1, -0.05) is 38.8 Å². The summed E-state index contributed by atoms with van der Waals surface area (Å²) in [5, 5.41) is 3.68. The van der Waals surface area contributed by atoms with Crippen LogP contribution in [0.2, 0.25) is 0 Å². The third-order valence-electron chi connectivity index (χ3n) is 4.11.